The Hall–Kier alpha value is -1.52. The van der Waals surface area contributed by atoms with Crippen molar-refractivity contribution >= 4 is 40.7 Å². The van der Waals surface area contributed by atoms with E-state index >= 15 is 0 Å². The highest BCUT2D eigenvalue weighted by atomic mass is 35.5. The molecule has 1 fully saturated rings. The monoisotopic (exact) mass is 449 g/mol. The average molecular weight is 451 g/mol. The molecule has 0 radical (unpaired) electrons. The number of ether oxygens (including phenoxy) is 1. The molecule has 0 spiro atoms. The third kappa shape index (κ3) is 3.59. The maximum atomic E-state index is 12.9. The van der Waals surface area contributed by atoms with Gasteiger partial charge >= 0.3 is 0 Å². The van der Waals surface area contributed by atoms with Crippen molar-refractivity contribution in [1.29, 1.82) is 0 Å². The quantitative estimate of drug-likeness (QED) is 0.593. The molecular formula is C23H22Cl3NO2. The Kier molecular flexibility index (Phi) is 5.69. The molecule has 1 N–H and O–H groups in total. The van der Waals surface area contributed by atoms with E-state index in [2.05, 4.69) is 11.4 Å². The minimum absolute atomic E-state index is 0.00197. The van der Waals surface area contributed by atoms with Gasteiger partial charge in [0.25, 0.3) is 0 Å². The second kappa shape index (κ2) is 7.96. The molecule has 4 rings (SSSR count). The van der Waals surface area contributed by atoms with Gasteiger partial charge in [-0.05, 0) is 42.3 Å². The normalized spacial score (nSPS) is 30.9. The summed E-state index contributed by atoms with van der Waals surface area (Å²) in [6, 6.07) is 13.4. The lowest BCUT2D eigenvalue weighted by molar-refractivity contribution is -0.126. The minimum atomic E-state index is -0.622. The van der Waals surface area contributed by atoms with E-state index in [0.29, 0.717) is 21.7 Å². The summed E-state index contributed by atoms with van der Waals surface area (Å²) < 4.78 is 5.45. The summed E-state index contributed by atoms with van der Waals surface area (Å²) in [7, 11) is 1.66. The third-order valence-electron chi connectivity index (χ3n) is 6.28. The van der Waals surface area contributed by atoms with Gasteiger partial charge in [0.15, 0.2) is 0 Å². The third-order valence-corrected chi connectivity index (χ3v) is 7.09. The number of amides is 1. The summed E-state index contributed by atoms with van der Waals surface area (Å²) in [6.45, 7) is 2.45. The highest BCUT2D eigenvalue weighted by molar-refractivity contribution is 6.35. The lowest BCUT2D eigenvalue weighted by atomic mass is 9.59. The van der Waals surface area contributed by atoms with Crippen LogP contribution in [0.1, 0.15) is 29.9 Å². The van der Waals surface area contributed by atoms with Crippen molar-refractivity contribution in [2.45, 2.75) is 24.8 Å². The van der Waals surface area contributed by atoms with Crippen LogP contribution in [0.15, 0.2) is 54.6 Å². The van der Waals surface area contributed by atoms with Gasteiger partial charge in [-0.25, -0.2) is 0 Å². The molecule has 0 aromatic heterocycles. The van der Waals surface area contributed by atoms with Crippen LogP contribution in [0, 0.1) is 11.3 Å². The number of fused-ring (bicyclic) bond motifs is 1. The number of allylic oxidation sites excluding steroid dienone is 1. The van der Waals surface area contributed by atoms with Crippen LogP contribution in [0.5, 0.6) is 0 Å². The lowest BCUT2D eigenvalue weighted by Gasteiger charge is -2.43. The summed E-state index contributed by atoms with van der Waals surface area (Å²) in [5.41, 5.74) is 1.48. The molecule has 2 aliphatic rings. The fourth-order valence-electron chi connectivity index (χ4n) is 4.93. The Morgan fingerprint density at radius 3 is 2.41 bits per heavy atom. The van der Waals surface area contributed by atoms with E-state index in [4.69, 9.17) is 39.5 Å². The number of hydrogen-bond donors (Lipinski definition) is 1. The Bertz CT molecular complexity index is 959. The average Bonchev–Trinajstić information content (AvgIpc) is 2.93. The SMILES string of the molecule is COC[C@H]1NC(=O)[C@]2(C)C=C[C@@H](c3ccc(Cl)cc3Cl)[C@H](c3ccc(Cl)cc3)[C@H]12. The van der Waals surface area contributed by atoms with Gasteiger partial charge in [-0.1, -0.05) is 65.2 Å². The fraction of sp³-hybridized carbons (Fsp3) is 0.348. The van der Waals surface area contributed by atoms with Crippen LogP contribution in [-0.4, -0.2) is 25.7 Å². The molecule has 2 aromatic carbocycles. The van der Waals surface area contributed by atoms with E-state index in [-0.39, 0.29) is 29.7 Å². The number of carbonyl (C=O) groups is 1. The summed E-state index contributed by atoms with van der Waals surface area (Å²) in [4.78, 5) is 12.9. The van der Waals surface area contributed by atoms with Gasteiger partial charge in [0, 0.05) is 39.9 Å². The van der Waals surface area contributed by atoms with Crippen LogP contribution in [0.25, 0.3) is 0 Å². The van der Waals surface area contributed by atoms with Gasteiger partial charge < -0.3 is 10.1 Å². The highest BCUT2D eigenvalue weighted by Crippen LogP contribution is 2.56. The molecule has 1 aliphatic heterocycles. The molecular weight excluding hydrogens is 429 g/mol. The molecule has 0 bridgehead atoms. The van der Waals surface area contributed by atoms with Crippen molar-refractivity contribution in [1.82, 2.24) is 5.32 Å². The maximum absolute atomic E-state index is 12.9. The van der Waals surface area contributed by atoms with Gasteiger partial charge in [-0.15, -0.1) is 0 Å². The van der Waals surface area contributed by atoms with E-state index in [1.54, 1.807) is 13.2 Å². The zero-order valence-corrected chi connectivity index (χ0v) is 18.4. The van der Waals surface area contributed by atoms with E-state index < -0.39 is 5.41 Å². The second-order valence-corrected chi connectivity index (χ2v) is 9.25. The van der Waals surface area contributed by atoms with E-state index in [1.807, 2.05) is 49.4 Å². The zero-order chi connectivity index (χ0) is 20.8. The topological polar surface area (TPSA) is 38.3 Å². The van der Waals surface area contributed by atoms with Gasteiger partial charge in [0.2, 0.25) is 5.91 Å². The molecule has 1 amide bonds. The number of benzene rings is 2. The first-order valence-corrected chi connectivity index (χ1v) is 10.7. The van der Waals surface area contributed by atoms with Crippen molar-refractivity contribution in [2.75, 3.05) is 13.7 Å². The first-order chi connectivity index (χ1) is 13.8. The van der Waals surface area contributed by atoms with Crippen molar-refractivity contribution in [2.24, 2.45) is 11.3 Å². The van der Waals surface area contributed by atoms with Gasteiger partial charge in [-0.2, -0.15) is 0 Å². The van der Waals surface area contributed by atoms with Crippen molar-refractivity contribution in [3.05, 3.63) is 80.8 Å². The molecule has 6 heteroatoms. The Balaban J connectivity index is 1.89. The van der Waals surface area contributed by atoms with E-state index in [9.17, 15) is 4.79 Å². The standard InChI is InChI=1S/C23H22Cl3NO2/c1-23-10-9-17(16-8-7-15(25)11-18(16)26)20(13-3-5-14(24)6-4-13)21(23)19(12-29-2)27-22(23)28/h3-11,17,19-21H,12H2,1-2H3,(H,27,28)/t17-,19+,20-,21-,23+/m0/s1. The van der Waals surface area contributed by atoms with Gasteiger partial charge in [-0.3, -0.25) is 4.79 Å². The summed E-state index contributed by atoms with van der Waals surface area (Å²) in [5.74, 6) is 0.0319. The highest BCUT2D eigenvalue weighted by Gasteiger charge is 2.57. The van der Waals surface area contributed by atoms with Crippen molar-refractivity contribution in [3.8, 4) is 0 Å². The number of hydrogen-bond acceptors (Lipinski definition) is 2. The van der Waals surface area contributed by atoms with Gasteiger partial charge in [0.05, 0.1) is 18.1 Å². The molecule has 1 heterocycles. The number of nitrogens with one attached hydrogen (secondary N) is 1. The molecule has 29 heavy (non-hydrogen) atoms. The van der Waals surface area contributed by atoms with E-state index in [1.165, 1.54) is 0 Å². The van der Waals surface area contributed by atoms with Crippen LogP contribution in [0.2, 0.25) is 15.1 Å². The number of carbonyl (C=O) groups excluding carboxylic acids is 1. The number of halogens is 3. The molecule has 152 valence electrons. The predicted molar refractivity (Wildman–Crippen MR) is 118 cm³/mol. The Labute approximate surface area is 186 Å². The Morgan fingerprint density at radius 2 is 1.76 bits per heavy atom. The number of methoxy groups -OCH3 is 1. The predicted octanol–water partition coefficient (Wildman–Crippen LogP) is 5.85. The van der Waals surface area contributed by atoms with Crippen LogP contribution >= 0.6 is 34.8 Å². The molecule has 0 saturated carbocycles. The molecule has 3 nitrogen and oxygen atoms in total. The van der Waals surface area contributed by atoms with Crippen molar-refractivity contribution < 1.29 is 9.53 Å². The fourth-order valence-corrected chi connectivity index (χ4v) is 5.59. The summed E-state index contributed by atoms with van der Waals surface area (Å²) in [6.07, 6.45) is 4.14. The molecule has 2 aromatic rings. The minimum Gasteiger partial charge on any atom is -0.383 e. The van der Waals surface area contributed by atoms with Crippen LogP contribution in [0.4, 0.5) is 0 Å². The van der Waals surface area contributed by atoms with Crippen LogP contribution < -0.4 is 5.32 Å². The largest absolute Gasteiger partial charge is 0.383 e. The Morgan fingerprint density at radius 1 is 1.07 bits per heavy atom. The van der Waals surface area contributed by atoms with Crippen LogP contribution in [0.3, 0.4) is 0 Å². The molecule has 1 saturated heterocycles. The first-order valence-electron chi connectivity index (χ1n) is 9.55. The second-order valence-electron chi connectivity index (χ2n) is 7.97. The molecule has 5 atom stereocenters. The van der Waals surface area contributed by atoms with Gasteiger partial charge in [0.1, 0.15) is 0 Å². The number of rotatable bonds is 4. The van der Waals surface area contributed by atoms with Crippen molar-refractivity contribution in [3.63, 3.8) is 0 Å². The summed E-state index contributed by atoms with van der Waals surface area (Å²) >= 11 is 18.9. The molecule has 1 aliphatic carbocycles. The maximum Gasteiger partial charge on any atom is 0.230 e. The van der Waals surface area contributed by atoms with E-state index in [0.717, 1.165) is 11.1 Å². The molecule has 0 unspecified atom stereocenters. The lowest BCUT2D eigenvalue weighted by Crippen LogP contribution is -2.41. The summed E-state index contributed by atoms with van der Waals surface area (Å²) in [5, 5.41) is 5.05. The van der Waals surface area contributed by atoms with Crippen LogP contribution in [-0.2, 0) is 9.53 Å². The smallest absolute Gasteiger partial charge is 0.230 e. The first kappa shape index (κ1) is 20.7. The zero-order valence-electron chi connectivity index (χ0n) is 16.2.